The van der Waals surface area contributed by atoms with E-state index < -0.39 is 0 Å². The molecule has 0 aliphatic carbocycles. The summed E-state index contributed by atoms with van der Waals surface area (Å²) in [7, 11) is 0. The van der Waals surface area contributed by atoms with Gasteiger partial charge in [0.1, 0.15) is 5.58 Å². The van der Waals surface area contributed by atoms with Crippen molar-refractivity contribution in [2.75, 3.05) is 0 Å². The number of Topliss-reactive ketones (excluding diaryl/α,β-unsaturated/α-hetero) is 1. The van der Waals surface area contributed by atoms with E-state index in [0.717, 1.165) is 11.0 Å². The summed E-state index contributed by atoms with van der Waals surface area (Å²) in [5, 5.41) is 10.3. The Kier molecular flexibility index (Phi) is 3.72. The topological polar surface area (TPSA) is 74.8 Å². The van der Waals surface area contributed by atoms with Crippen molar-refractivity contribution in [1.29, 1.82) is 0 Å². The minimum atomic E-state index is -0.0321. The van der Waals surface area contributed by atoms with Gasteiger partial charge in [-0.05, 0) is 43.3 Å². The lowest BCUT2D eigenvalue weighted by molar-refractivity contribution is 0.101. The second-order valence-corrected chi connectivity index (χ2v) is 4.85. The second kappa shape index (κ2) is 5.83. The molecule has 0 amide bonds. The van der Waals surface area contributed by atoms with Gasteiger partial charge in [-0.2, -0.15) is 0 Å². The number of benzene rings is 2. The van der Waals surface area contributed by atoms with Gasteiger partial charge < -0.3 is 4.42 Å². The average Bonchev–Trinajstić information content (AvgIpc) is 3.00. The van der Waals surface area contributed by atoms with Gasteiger partial charge in [0.05, 0.1) is 12.0 Å². The Morgan fingerprint density at radius 2 is 2.00 bits per heavy atom. The summed E-state index contributed by atoms with van der Waals surface area (Å²) < 4.78 is 5.29. The molecule has 0 fully saturated rings. The first kappa shape index (κ1) is 14.0. The van der Waals surface area contributed by atoms with Gasteiger partial charge in [-0.15, -0.1) is 0 Å². The fraction of sp³-hybridized carbons (Fsp3) is 0.0588. The van der Waals surface area contributed by atoms with E-state index in [1.807, 2.05) is 18.2 Å². The zero-order valence-corrected chi connectivity index (χ0v) is 11.9. The summed E-state index contributed by atoms with van der Waals surface area (Å²) in [5.41, 5.74) is 4.74. The predicted molar refractivity (Wildman–Crippen MR) is 83.8 cm³/mol. The van der Waals surface area contributed by atoms with Crippen LogP contribution >= 0.6 is 0 Å². The van der Waals surface area contributed by atoms with E-state index in [2.05, 4.69) is 10.5 Å². The quantitative estimate of drug-likeness (QED) is 0.334. The van der Waals surface area contributed by atoms with Crippen LogP contribution in [-0.4, -0.2) is 16.8 Å². The maximum Gasteiger partial charge on any atom is 0.159 e. The second-order valence-electron chi connectivity index (χ2n) is 4.85. The van der Waals surface area contributed by atoms with Gasteiger partial charge in [-0.3, -0.25) is 15.5 Å². The van der Waals surface area contributed by atoms with Gasteiger partial charge in [0.15, 0.2) is 11.6 Å². The molecule has 0 saturated carbocycles. The molecular weight excluding hydrogens is 280 g/mol. The first-order valence-electron chi connectivity index (χ1n) is 6.75. The Morgan fingerprint density at radius 3 is 2.77 bits per heavy atom. The molecule has 5 heteroatoms. The highest BCUT2D eigenvalue weighted by molar-refractivity contribution is 6.02. The molecule has 0 spiro atoms. The monoisotopic (exact) mass is 294 g/mol. The fourth-order valence-corrected chi connectivity index (χ4v) is 2.19. The predicted octanol–water partition coefficient (Wildman–Crippen LogP) is 3.69. The number of rotatable bonds is 3. The van der Waals surface area contributed by atoms with Crippen molar-refractivity contribution in [3.63, 3.8) is 0 Å². The third-order valence-electron chi connectivity index (χ3n) is 3.33. The van der Waals surface area contributed by atoms with Crippen molar-refractivity contribution in [2.45, 2.75) is 6.92 Å². The minimum absolute atomic E-state index is 0.0321. The number of aliphatic imine (C=N–C) groups is 1. The summed E-state index contributed by atoms with van der Waals surface area (Å²) in [6, 6.07) is 14.2. The Balaban J connectivity index is 2.02. The molecule has 1 aromatic heterocycles. The third-order valence-corrected chi connectivity index (χ3v) is 3.33. The number of nitrogens with zero attached hydrogens (tertiary/aromatic N) is 1. The summed E-state index contributed by atoms with van der Waals surface area (Å²) in [6.45, 7) is 1.50. The summed E-state index contributed by atoms with van der Waals surface area (Å²) in [5.74, 6) is 0.263. The fourth-order valence-electron chi connectivity index (χ4n) is 2.19. The van der Waals surface area contributed by atoms with Crippen LogP contribution < -0.4 is 5.48 Å². The third kappa shape index (κ3) is 2.75. The van der Waals surface area contributed by atoms with Crippen molar-refractivity contribution >= 4 is 28.3 Å². The van der Waals surface area contributed by atoms with Crippen molar-refractivity contribution in [2.24, 2.45) is 4.99 Å². The van der Waals surface area contributed by atoms with E-state index in [-0.39, 0.29) is 5.78 Å². The van der Waals surface area contributed by atoms with E-state index in [9.17, 15) is 10.0 Å². The lowest BCUT2D eigenvalue weighted by atomic mass is 10.1. The summed E-state index contributed by atoms with van der Waals surface area (Å²) in [4.78, 5) is 15.8. The number of carbonyl (C=O) groups excluding carboxylic acids is 1. The highest BCUT2D eigenvalue weighted by Crippen LogP contribution is 2.20. The largest absolute Gasteiger partial charge is 0.464 e. The molecule has 22 heavy (non-hydrogen) atoms. The highest BCUT2D eigenvalue weighted by Gasteiger charge is 2.06. The van der Waals surface area contributed by atoms with Gasteiger partial charge in [0.25, 0.3) is 0 Å². The average molecular weight is 294 g/mol. The molecule has 0 aliphatic rings. The number of hydrogen-bond donors (Lipinski definition) is 2. The number of furan rings is 1. The normalized spacial score (nSPS) is 11.6. The molecule has 0 unspecified atom stereocenters. The molecule has 0 bridgehead atoms. The zero-order chi connectivity index (χ0) is 15.5. The van der Waals surface area contributed by atoms with Crippen LogP contribution in [0, 0.1) is 0 Å². The number of hydroxylamine groups is 1. The number of ketones is 1. The van der Waals surface area contributed by atoms with E-state index in [1.165, 1.54) is 6.92 Å². The highest BCUT2D eigenvalue weighted by atomic mass is 16.5. The van der Waals surface area contributed by atoms with E-state index in [4.69, 9.17) is 4.42 Å². The maximum atomic E-state index is 11.4. The first-order valence-corrected chi connectivity index (χ1v) is 6.75. The standard InChI is InChI=1S/C17H14N2O3/c1-11(20)12-3-2-4-15(10-12)18-17(19-21)14-5-6-16-13(9-14)7-8-22-16/h2-10,21H,1H3,(H,18,19). The molecule has 3 aromatic rings. The number of carbonyl (C=O) groups is 1. The molecule has 2 aromatic carbocycles. The summed E-state index contributed by atoms with van der Waals surface area (Å²) in [6.07, 6.45) is 1.61. The van der Waals surface area contributed by atoms with E-state index in [1.54, 1.807) is 36.6 Å². The van der Waals surface area contributed by atoms with Crippen LogP contribution in [0.1, 0.15) is 22.8 Å². The van der Waals surface area contributed by atoms with Crippen molar-refractivity contribution < 1.29 is 14.4 Å². The number of nitrogens with one attached hydrogen (secondary N) is 1. The number of amidine groups is 1. The first-order chi connectivity index (χ1) is 10.7. The van der Waals surface area contributed by atoms with Crippen LogP contribution in [-0.2, 0) is 0 Å². The molecule has 3 rings (SSSR count). The Labute approximate surface area is 126 Å². The Morgan fingerprint density at radius 1 is 1.14 bits per heavy atom. The minimum Gasteiger partial charge on any atom is -0.464 e. The van der Waals surface area contributed by atoms with Crippen LogP contribution in [0.25, 0.3) is 11.0 Å². The van der Waals surface area contributed by atoms with Gasteiger partial charge in [0, 0.05) is 16.5 Å². The van der Waals surface area contributed by atoms with Crippen LogP contribution in [0.3, 0.4) is 0 Å². The molecule has 2 N–H and O–H groups in total. The maximum absolute atomic E-state index is 11.4. The molecular formula is C17H14N2O3. The lowest BCUT2D eigenvalue weighted by Gasteiger charge is -2.06. The van der Waals surface area contributed by atoms with Gasteiger partial charge in [-0.1, -0.05) is 12.1 Å². The van der Waals surface area contributed by atoms with E-state index in [0.29, 0.717) is 22.6 Å². The molecule has 5 nitrogen and oxygen atoms in total. The Hall–Kier alpha value is -2.92. The van der Waals surface area contributed by atoms with Crippen LogP contribution in [0.4, 0.5) is 5.69 Å². The van der Waals surface area contributed by atoms with Crippen LogP contribution in [0.5, 0.6) is 0 Å². The molecule has 0 aliphatic heterocycles. The van der Waals surface area contributed by atoms with Crippen molar-refractivity contribution in [3.8, 4) is 0 Å². The molecule has 110 valence electrons. The van der Waals surface area contributed by atoms with Gasteiger partial charge in [0.2, 0.25) is 0 Å². The Bertz CT molecular complexity index is 865. The molecule has 1 heterocycles. The molecule has 0 saturated heterocycles. The SMILES string of the molecule is CC(=O)c1cccc(N=C(NO)c2ccc3occc3c2)c1. The smallest absolute Gasteiger partial charge is 0.159 e. The van der Waals surface area contributed by atoms with Gasteiger partial charge in [-0.25, -0.2) is 4.99 Å². The van der Waals surface area contributed by atoms with Crippen LogP contribution in [0.15, 0.2) is 64.2 Å². The van der Waals surface area contributed by atoms with Gasteiger partial charge >= 0.3 is 0 Å². The summed E-state index contributed by atoms with van der Waals surface area (Å²) >= 11 is 0. The lowest BCUT2D eigenvalue weighted by Crippen LogP contribution is -2.19. The van der Waals surface area contributed by atoms with E-state index >= 15 is 0 Å². The zero-order valence-electron chi connectivity index (χ0n) is 11.9. The number of fused-ring (bicyclic) bond motifs is 1. The van der Waals surface area contributed by atoms with Crippen molar-refractivity contribution in [3.05, 3.63) is 65.9 Å². The van der Waals surface area contributed by atoms with Crippen molar-refractivity contribution in [1.82, 2.24) is 5.48 Å². The number of hydrogen-bond acceptors (Lipinski definition) is 4. The van der Waals surface area contributed by atoms with Crippen LogP contribution in [0.2, 0.25) is 0 Å². The molecule has 0 atom stereocenters. The molecule has 0 radical (unpaired) electrons.